The number of anilines is 3. The molecule has 168 valence electrons. The Morgan fingerprint density at radius 2 is 1.97 bits per heavy atom. The second-order valence-corrected chi connectivity index (χ2v) is 10.1. The van der Waals surface area contributed by atoms with Gasteiger partial charge < -0.3 is 20.7 Å². The van der Waals surface area contributed by atoms with Crippen LogP contribution in [0.4, 0.5) is 17.3 Å². The van der Waals surface area contributed by atoms with Crippen molar-refractivity contribution < 1.29 is 17.9 Å². The molecule has 0 spiro atoms. The fraction of sp³-hybridized carbons (Fsp3) is 0.500. The summed E-state index contributed by atoms with van der Waals surface area (Å²) in [5.41, 5.74) is 6.80. The van der Waals surface area contributed by atoms with E-state index in [2.05, 4.69) is 25.4 Å². The van der Waals surface area contributed by atoms with Crippen LogP contribution in [-0.2, 0) is 19.6 Å². The highest BCUT2D eigenvalue weighted by Gasteiger charge is 2.28. The third-order valence-corrected chi connectivity index (χ3v) is 7.85. The number of nitrogen functional groups attached to an aromatic ring is 1. The first-order valence-electron chi connectivity index (χ1n) is 10.0. The lowest BCUT2D eigenvalue weighted by Crippen LogP contribution is -2.40. The number of nitrogens with zero attached hydrogens (tertiary/aromatic N) is 4. The monoisotopic (exact) mass is 467 g/mol. The lowest BCUT2D eigenvalue weighted by molar-refractivity contribution is -0.113. The number of aromatic nitrogens is 3. The topological polar surface area (TPSA) is 147 Å². The number of nitrogens with one attached hydrogen (secondary N) is 2. The third kappa shape index (κ3) is 5.11. The van der Waals surface area contributed by atoms with Crippen LogP contribution < -0.4 is 16.0 Å². The van der Waals surface area contributed by atoms with Gasteiger partial charge in [0, 0.05) is 26.2 Å². The predicted molar refractivity (Wildman–Crippen MR) is 118 cm³/mol. The Bertz CT molecular complexity index is 1030. The first-order chi connectivity index (χ1) is 14.9. The molecule has 1 aromatic heterocycles. The number of benzene rings is 1. The van der Waals surface area contributed by atoms with Gasteiger partial charge in [0.05, 0.1) is 35.2 Å². The minimum atomic E-state index is -3.67. The summed E-state index contributed by atoms with van der Waals surface area (Å²) in [5.74, 6) is -0.0352. The average molecular weight is 468 g/mol. The van der Waals surface area contributed by atoms with Gasteiger partial charge in [-0.3, -0.25) is 4.79 Å². The molecule has 13 heteroatoms. The zero-order valence-electron chi connectivity index (χ0n) is 16.9. The van der Waals surface area contributed by atoms with E-state index in [1.807, 2.05) is 0 Å². The van der Waals surface area contributed by atoms with E-state index in [4.69, 9.17) is 10.5 Å². The highest BCUT2D eigenvalue weighted by Crippen LogP contribution is 2.32. The minimum Gasteiger partial charge on any atom is -0.379 e. The number of nitrogens with two attached hydrogens (primary N) is 1. The van der Waals surface area contributed by atoms with E-state index in [0.29, 0.717) is 37.1 Å². The summed E-state index contributed by atoms with van der Waals surface area (Å²) >= 11 is 1.14. The van der Waals surface area contributed by atoms with E-state index in [9.17, 15) is 13.2 Å². The van der Waals surface area contributed by atoms with Crippen molar-refractivity contribution in [3.63, 3.8) is 0 Å². The summed E-state index contributed by atoms with van der Waals surface area (Å²) in [6.45, 7) is 3.10. The van der Waals surface area contributed by atoms with Gasteiger partial charge in [-0.15, -0.1) is 5.10 Å². The van der Waals surface area contributed by atoms with Crippen molar-refractivity contribution in [2.45, 2.75) is 22.9 Å². The molecule has 1 aromatic carbocycles. The number of carbonyl (C=O) groups excluding carboxylic acids is 1. The van der Waals surface area contributed by atoms with Crippen molar-refractivity contribution in [3.8, 4) is 0 Å². The van der Waals surface area contributed by atoms with E-state index in [1.165, 1.54) is 4.31 Å². The van der Waals surface area contributed by atoms with Crippen LogP contribution in [0.25, 0.3) is 0 Å². The molecule has 0 atom stereocenters. The van der Waals surface area contributed by atoms with Crippen LogP contribution in [0.5, 0.6) is 0 Å². The molecule has 4 rings (SSSR count). The largest absolute Gasteiger partial charge is 0.379 e. The van der Waals surface area contributed by atoms with E-state index < -0.39 is 10.0 Å². The summed E-state index contributed by atoms with van der Waals surface area (Å²) in [4.78, 5) is 18.9. The Kier molecular flexibility index (Phi) is 6.65. The highest BCUT2D eigenvalue weighted by atomic mass is 32.2. The second-order valence-electron chi connectivity index (χ2n) is 7.23. The first-order valence-corrected chi connectivity index (χ1v) is 12.4. The predicted octanol–water partition coefficient (Wildman–Crippen LogP) is 0.739. The molecule has 0 saturated carbocycles. The van der Waals surface area contributed by atoms with Crippen LogP contribution in [0.2, 0.25) is 0 Å². The number of sulfonamides is 1. The number of hydrogen-bond donors (Lipinski definition) is 3. The van der Waals surface area contributed by atoms with Crippen molar-refractivity contribution in [2.75, 3.05) is 61.1 Å². The van der Waals surface area contributed by atoms with Crippen LogP contribution in [0.3, 0.4) is 0 Å². The van der Waals surface area contributed by atoms with Gasteiger partial charge in [0.15, 0.2) is 0 Å². The van der Waals surface area contributed by atoms with Gasteiger partial charge in [-0.1, -0.05) is 11.8 Å². The smallest absolute Gasteiger partial charge is 0.243 e. The van der Waals surface area contributed by atoms with Crippen molar-refractivity contribution in [3.05, 3.63) is 18.2 Å². The fourth-order valence-electron chi connectivity index (χ4n) is 3.58. The van der Waals surface area contributed by atoms with Crippen LogP contribution in [0.1, 0.15) is 12.8 Å². The lowest BCUT2D eigenvalue weighted by atomic mass is 10.2. The number of morpholine rings is 1. The molecule has 0 unspecified atom stereocenters. The maximum atomic E-state index is 13.1. The number of thioether (sulfide) groups is 1. The van der Waals surface area contributed by atoms with Gasteiger partial charge in [0.25, 0.3) is 0 Å². The molecule has 3 heterocycles. The van der Waals surface area contributed by atoms with Crippen LogP contribution in [0, 0.1) is 0 Å². The van der Waals surface area contributed by atoms with Gasteiger partial charge in [-0.05, 0) is 31.0 Å². The van der Waals surface area contributed by atoms with Crippen molar-refractivity contribution in [1.29, 1.82) is 0 Å². The number of amides is 1. The number of carbonyl (C=O) groups is 1. The molecule has 4 N–H and O–H groups in total. The lowest BCUT2D eigenvalue weighted by Gasteiger charge is -2.27. The van der Waals surface area contributed by atoms with Crippen molar-refractivity contribution in [2.24, 2.45) is 0 Å². The second kappa shape index (κ2) is 9.42. The van der Waals surface area contributed by atoms with E-state index in [1.54, 1.807) is 18.2 Å². The van der Waals surface area contributed by atoms with Crippen LogP contribution in [-0.4, -0.2) is 79.0 Å². The molecule has 1 amide bonds. The Morgan fingerprint density at radius 1 is 1.23 bits per heavy atom. The summed E-state index contributed by atoms with van der Waals surface area (Å²) in [6.07, 6.45) is 2.12. The Balaban J connectivity index is 1.55. The SMILES string of the molecule is Nc1nc(SCC(=O)Nc2cc(S(=O)(=O)N3CCOCC3)ccc2N2CCCC2)n[nH]1. The van der Waals surface area contributed by atoms with Crippen molar-refractivity contribution in [1.82, 2.24) is 19.5 Å². The molecule has 2 aromatic rings. The van der Waals surface area contributed by atoms with Gasteiger partial charge in [0.1, 0.15) is 0 Å². The average Bonchev–Trinajstić information content (AvgIpc) is 3.45. The molecule has 2 saturated heterocycles. The normalized spacial score (nSPS) is 17.7. The molecule has 31 heavy (non-hydrogen) atoms. The summed E-state index contributed by atoms with van der Waals surface area (Å²) < 4.78 is 32.8. The first kappa shape index (κ1) is 21.9. The molecule has 2 fully saturated rings. The maximum Gasteiger partial charge on any atom is 0.243 e. The summed E-state index contributed by atoms with van der Waals surface area (Å²) in [5, 5.41) is 9.66. The maximum absolute atomic E-state index is 13.1. The number of ether oxygens (including phenoxy) is 1. The zero-order chi connectivity index (χ0) is 21.8. The van der Waals surface area contributed by atoms with Crippen molar-refractivity contribution >= 4 is 45.0 Å². The van der Waals surface area contributed by atoms with Crippen LogP contribution in [0.15, 0.2) is 28.3 Å². The molecule has 2 aliphatic rings. The van der Waals surface area contributed by atoms with E-state index >= 15 is 0 Å². The summed E-state index contributed by atoms with van der Waals surface area (Å²) in [6, 6.07) is 4.93. The number of rotatable bonds is 7. The fourth-order valence-corrected chi connectivity index (χ4v) is 5.62. The molecule has 0 aliphatic carbocycles. The standard InChI is InChI=1S/C18H25N7O4S2/c19-17-21-18(23-22-17)30-12-16(26)20-14-11-13(3-4-15(14)24-5-1-2-6-24)31(27,28)25-7-9-29-10-8-25/h3-4,11H,1-2,5-10,12H2,(H,20,26)(H3,19,21,22,23). The Morgan fingerprint density at radius 3 is 2.65 bits per heavy atom. The minimum absolute atomic E-state index is 0.0666. The van der Waals surface area contributed by atoms with E-state index in [-0.39, 0.29) is 22.5 Å². The van der Waals surface area contributed by atoms with Crippen LogP contribution >= 0.6 is 11.8 Å². The molecule has 11 nitrogen and oxygen atoms in total. The quantitative estimate of drug-likeness (QED) is 0.502. The Labute approximate surface area is 184 Å². The molecule has 0 radical (unpaired) electrons. The van der Waals surface area contributed by atoms with E-state index in [0.717, 1.165) is 43.4 Å². The highest BCUT2D eigenvalue weighted by molar-refractivity contribution is 7.99. The van der Waals surface area contributed by atoms with Gasteiger partial charge in [-0.2, -0.15) is 9.29 Å². The third-order valence-electron chi connectivity index (χ3n) is 5.11. The molecule has 2 aliphatic heterocycles. The Hall–Kier alpha value is -2.35. The van der Waals surface area contributed by atoms with Gasteiger partial charge >= 0.3 is 0 Å². The van der Waals surface area contributed by atoms with Gasteiger partial charge in [0.2, 0.25) is 27.0 Å². The number of H-pyrrole nitrogens is 1. The molecule has 0 bridgehead atoms. The zero-order valence-corrected chi connectivity index (χ0v) is 18.5. The molecular weight excluding hydrogens is 442 g/mol. The summed E-state index contributed by atoms with van der Waals surface area (Å²) in [7, 11) is -3.67. The van der Waals surface area contributed by atoms with Gasteiger partial charge in [-0.25, -0.2) is 13.5 Å². The number of hydrogen-bond acceptors (Lipinski definition) is 9. The number of aromatic amines is 1. The molecular formula is C18H25N7O4S2.